The van der Waals surface area contributed by atoms with Crippen LogP contribution >= 0.6 is 11.3 Å². The number of hydrogen-bond acceptors (Lipinski definition) is 7. The minimum absolute atomic E-state index is 0.0462. The van der Waals surface area contributed by atoms with Crippen molar-refractivity contribution in [2.75, 3.05) is 23.1 Å². The summed E-state index contributed by atoms with van der Waals surface area (Å²) in [6.45, 7) is 0. The van der Waals surface area contributed by atoms with Gasteiger partial charge in [-0.1, -0.05) is 18.2 Å². The topological polar surface area (TPSA) is 110 Å². The Labute approximate surface area is 168 Å². The predicted octanol–water partition coefficient (Wildman–Crippen LogP) is 2.39. The van der Waals surface area contributed by atoms with Gasteiger partial charge in [0.2, 0.25) is 0 Å². The first-order valence-electron chi connectivity index (χ1n) is 8.58. The van der Waals surface area contributed by atoms with Crippen LogP contribution in [0.15, 0.2) is 46.8 Å². The quantitative estimate of drug-likeness (QED) is 0.715. The lowest BCUT2D eigenvalue weighted by atomic mass is 9.95. The van der Waals surface area contributed by atoms with E-state index in [9.17, 15) is 21.6 Å². The standard InChI is InChI=1S/C18H20N2O5S3/c1-27(22,23)15-4-2-14(3-5-15)16(17(21)20-18-19-8-9-26-18)12-13-6-10-28(24,25)11-7-13/h2-5,8-9,12-13H,6-7,10-11H2,1H3,(H,19,20,21). The molecule has 1 N–H and O–H groups in total. The number of nitrogens with zero attached hydrogens (tertiary/aromatic N) is 1. The molecule has 0 spiro atoms. The van der Waals surface area contributed by atoms with E-state index in [1.165, 1.54) is 23.5 Å². The lowest BCUT2D eigenvalue weighted by Crippen LogP contribution is -2.23. The Morgan fingerprint density at radius 2 is 1.86 bits per heavy atom. The van der Waals surface area contributed by atoms with Crippen molar-refractivity contribution in [1.82, 2.24) is 4.98 Å². The first-order chi connectivity index (χ1) is 13.1. The highest BCUT2D eigenvalue weighted by Gasteiger charge is 2.24. The first kappa shape index (κ1) is 20.7. The van der Waals surface area contributed by atoms with Gasteiger partial charge in [-0.05, 0) is 36.5 Å². The summed E-state index contributed by atoms with van der Waals surface area (Å²) in [7, 11) is -6.35. The number of benzene rings is 1. The molecule has 0 unspecified atom stereocenters. The molecule has 0 radical (unpaired) electrons. The van der Waals surface area contributed by atoms with Gasteiger partial charge in [-0.3, -0.25) is 10.1 Å². The van der Waals surface area contributed by atoms with Crippen molar-refractivity contribution in [3.63, 3.8) is 0 Å². The minimum Gasteiger partial charge on any atom is -0.298 e. The Bertz CT molecular complexity index is 1070. The van der Waals surface area contributed by atoms with E-state index in [0.29, 0.717) is 29.1 Å². The van der Waals surface area contributed by atoms with Crippen molar-refractivity contribution in [3.05, 3.63) is 47.5 Å². The lowest BCUT2D eigenvalue weighted by molar-refractivity contribution is -0.111. The van der Waals surface area contributed by atoms with Gasteiger partial charge in [0.15, 0.2) is 15.0 Å². The third kappa shape index (κ3) is 5.27. The van der Waals surface area contributed by atoms with E-state index >= 15 is 0 Å². The van der Waals surface area contributed by atoms with Crippen LogP contribution in [-0.4, -0.2) is 45.5 Å². The van der Waals surface area contributed by atoms with Crippen LogP contribution < -0.4 is 5.32 Å². The van der Waals surface area contributed by atoms with Crippen molar-refractivity contribution in [2.24, 2.45) is 5.92 Å². The van der Waals surface area contributed by atoms with Crippen molar-refractivity contribution in [1.29, 1.82) is 0 Å². The molecule has 1 aliphatic heterocycles. The van der Waals surface area contributed by atoms with Gasteiger partial charge in [0.05, 0.1) is 16.4 Å². The molecule has 1 saturated heterocycles. The Morgan fingerprint density at radius 3 is 2.39 bits per heavy atom. The predicted molar refractivity (Wildman–Crippen MR) is 110 cm³/mol. The fraction of sp³-hybridized carbons (Fsp3) is 0.333. The van der Waals surface area contributed by atoms with Crippen LogP contribution in [0.5, 0.6) is 0 Å². The molecule has 1 amide bonds. The highest BCUT2D eigenvalue weighted by atomic mass is 32.2. The molecule has 10 heteroatoms. The molecule has 1 fully saturated rings. The second kappa shape index (κ2) is 8.14. The summed E-state index contributed by atoms with van der Waals surface area (Å²) in [6, 6.07) is 6.09. The zero-order valence-electron chi connectivity index (χ0n) is 15.2. The number of thiazole rings is 1. The van der Waals surface area contributed by atoms with Gasteiger partial charge >= 0.3 is 0 Å². The van der Waals surface area contributed by atoms with Gasteiger partial charge in [0, 0.05) is 23.4 Å². The van der Waals surface area contributed by atoms with Crippen molar-refractivity contribution >= 4 is 47.6 Å². The van der Waals surface area contributed by atoms with Gasteiger partial charge < -0.3 is 0 Å². The molecular formula is C18H20N2O5S3. The third-order valence-electron chi connectivity index (χ3n) is 4.49. The number of amides is 1. The van der Waals surface area contributed by atoms with Crippen LogP contribution in [-0.2, 0) is 24.5 Å². The molecule has 1 aromatic carbocycles. The van der Waals surface area contributed by atoms with Crippen LogP contribution in [0.3, 0.4) is 0 Å². The Hall–Kier alpha value is -2.04. The summed E-state index contributed by atoms with van der Waals surface area (Å²) in [5.41, 5.74) is 0.939. The number of nitrogens with one attached hydrogen (secondary N) is 1. The van der Waals surface area contributed by atoms with Crippen molar-refractivity contribution in [3.8, 4) is 0 Å². The zero-order valence-corrected chi connectivity index (χ0v) is 17.6. The number of aromatic nitrogens is 1. The summed E-state index contributed by atoms with van der Waals surface area (Å²) in [4.78, 5) is 17.1. The van der Waals surface area contributed by atoms with Crippen LogP contribution in [0.1, 0.15) is 18.4 Å². The number of carbonyl (C=O) groups is 1. The van der Waals surface area contributed by atoms with Crippen molar-refractivity contribution in [2.45, 2.75) is 17.7 Å². The fourth-order valence-corrected chi connectivity index (χ4v) is 5.63. The second-order valence-electron chi connectivity index (χ2n) is 6.66. The Morgan fingerprint density at radius 1 is 1.21 bits per heavy atom. The maximum absolute atomic E-state index is 12.8. The SMILES string of the molecule is CS(=O)(=O)c1ccc(C(=CC2CCS(=O)(=O)CC2)C(=O)Nc2nccs2)cc1. The van der Waals surface area contributed by atoms with E-state index < -0.39 is 19.7 Å². The van der Waals surface area contributed by atoms with Gasteiger partial charge in [0.25, 0.3) is 5.91 Å². The molecule has 1 aromatic heterocycles. The Kier molecular flexibility index (Phi) is 6.01. The molecule has 7 nitrogen and oxygen atoms in total. The van der Waals surface area contributed by atoms with E-state index in [1.54, 1.807) is 29.8 Å². The minimum atomic E-state index is -3.34. The lowest BCUT2D eigenvalue weighted by Gasteiger charge is -2.20. The normalized spacial score (nSPS) is 18.0. The largest absolute Gasteiger partial charge is 0.298 e. The van der Waals surface area contributed by atoms with E-state index in [4.69, 9.17) is 0 Å². The molecule has 0 bridgehead atoms. The average molecular weight is 441 g/mol. The number of carbonyl (C=O) groups excluding carboxylic acids is 1. The van der Waals surface area contributed by atoms with Crippen LogP contribution in [0.4, 0.5) is 5.13 Å². The summed E-state index contributed by atoms with van der Waals surface area (Å²) in [5, 5.41) is 4.93. The number of allylic oxidation sites excluding steroid dienone is 1. The Balaban J connectivity index is 1.92. The van der Waals surface area contributed by atoms with E-state index in [0.717, 1.165) is 6.26 Å². The monoisotopic (exact) mass is 440 g/mol. The highest BCUT2D eigenvalue weighted by molar-refractivity contribution is 7.91. The molecule has 1 aliphatic rings. The van der Waals surface area contributed by atoms with Gasteiger partial charge in [0.1, 0.15) is 9.84 Å². The molecule has 3 rings (SSSR count). The summed E-state index contributed by atoms with van der Waals surface area (Å²) >= 11 is 1.29. The molecule has 2 heterocycles. The number of sulfone groups is 2. The molecule has 150 valence electrons. The van der Waals surface area contributed by atoms with E-state index in [2.05, 4.69) is 10.3 Å². The smallest absolute Gasteiger partial charge is 0.257 e. The number of anilines is 1. The third-order valence-corrected chi connectivity index (χ3v) is 8.02. The first-order valence-corrected chi connectivity index (χ1v) is 13.2. The molecule has 0 saturated carbocycles. The summed E-state index contributed by atoms with van der Waals surface area (Å²) < 4.78 is 46.7. The number of hydrogen-bond donors (Lipinski definition) is 1. The maximum atomic E-state index is 12.8. The molecule has 0 atom stereocenters. The van der Waals surface area contributed by atoms with E-state index in [-0.39, 0.29) is 28.2 Å². The van der Waals surface area contributed by atoms with Crippen molar-refractivity contribution < 1.29 is 21.6 Å². The molecular weight excluding hydrogens is 420 g/mol. The highest BCUT2D eigenvalue weighted by Crippen LogP contribution is 2.27. The average Bonchev–Trinajstić information content (AvgIpc) is 3.13. The van der Waals surface area contributed by atoms with Crippen LogP contribution in [0, 0.1) is 5.92 Å². The van der Waals surface area contributed by atoms with Crippen LogP contribution in [0.25, 0.3) is 5.57 Å². The zero-order chi connectivity index (χ0) is 20.4. The summed E-state index contributed by atoms with van der Waals surface area (Å²) in [5.74, 6) is -0.212. The number of rotatable bonds is 5. The van der Waals surface area contributed by atoms with Gasteiger partial charge in [-0.2, -0.15) is 0 Å². The van der Waals surface area contributed by atoms with Crippen LogP contribution in [0.2, 0.25) is 0 Å². The molecule has 28 heavy (non-hydrogen) atoms. The molecule has 2 aromatic rings. The van der Waals surface area contributed by atoms with Gasteiger partial charge in [-0.25, -0.2) is 21.8 Å². The van der Waals surface area contributed by atoms with E-state index in [1.807, 2.05) is 0 Å². The summed E-state index contributed by atoms with van der Waals surface area (Å²) in [6.07, 6.45) is 5.40. The fourth-order valence-electron chi connectivity index (χ4n) is 2.94. The second-order valence-corrected chi connectivity index (χ2v) is 11.9. The van der Waals surface area contributed by atoms with Gasteiger partial charge in [-0.15, -0.1) is 11.3 Å². The maximum Gasteiger partial charge on any atom is 0.257 e. The molecule has 0 aliphatic carbocycles.